The Morgan fingerprint density at radius 1 is 1.26 bits per heavy atom. The van der Waals surface area contributed by atoms with E-state index in [-0.39, 0.29) is 31.2 Å². The topological polar surface area (TPSA) is 75.9 Å². The molecule has 0 aromatic heterocycles. The maximum atomic E-state index is 12.0. The molecule has 2 amide bonds. The lowest BCUT2D eigenvalue weighted by atomic mass is 10.1. The zero-order chi connectivity index (χ0) is 16.2. The van der Waals surface area contributed by atoms with Crippen molar-refractivity contribution in [2.24, 2.45) is 5.73 Å². The summed E-state index contributed by atoms with van der Waals surface area (Å²) in [5.41, 5.74) is 6.60. The highest BCUT2D eigenvalue weighted by atomic mass is 16.5. The van der Waals surface area contributed by atoms with Crippen LogP contribution in [0.3, 0.4) is 0 Å². The Morgan fingerprint density at radius 3 is 2.78 bits per heavy atom. The Morgan fingerprint density at radius 2 is 2.04 bits per heavy atom. The average Bonchev–Trinajstić information content (AvgIpc) is 2.94. The molecule has 0 unspecified atom stereocenters. The van der Waals surface area contributed by atoms with E-state index in [1.807, 2.05) is 6.07 Å². The molecule has 2 aliphatic heterocycles. The largest absolute Gasteiger partial charge is 0.368 e. The second-order valence-corrected chi connectivity index (χ2v) is 6.25. The second-order valence-electron chi connectivity index (χ2n) is 6.25. The summed E-state index contributed by atoms with van der Waals surface area (Å²) in [5, 5.41) is 0. The Bertz CT molecular complexity index is 563. The first kappa shape index (κ1) is 16.0. The van der Waals surface area contributed by atoms with Gasteiger partial charge in [-0.2, -0.15) is 0 Å². The summed E-state index contributed by atoms with van der Waals surface area (Å²) >= 11 is 0. The van der Waals surface area contributed by atoms with E-state index >= 15 is 0 Å². The summed E-state index contributed by atoms with van der Waals surface area (Å²) in [7, 11) is 0. The molecule has 0 aliphatic carbocycles. The zero-order valence-electron chi connectivity index (χ0n) is 13.2. The minimum absolute atomic E-state index is 0.0104. The van der Waals surface area contributed by atoms with Crippen LogP contribution in [0.1, 0.15) is 12.0 Å². The minimum atomic E-state index is -0.471. The fourth-order valence-electron chi connectivity index (χ4n) is 3.45. The Balaban J connectivity index is 1.52. The van der Waals surface area contributed by atoms with Crippen LogP contribution in [-0.2, 0) is 20.7 Å². The van der Waals surface area contributed by atoms with Crippen molar-refractivity contribution in [3.63, 3.8) is 0 Å². The summed E-state index contributed by atoms with van der Waals surface area (Å²) in [6, 6.07) is 10.4. The Kier molecular flexibility index (Phi) is 4.93. The van der Waals surface area contributed by atoms with E-state index in [1.165, 1.54) is 5.56 Å². The van der Waals surface area contributed by atoms with Gasteiger partial charge in [0.1, 0.15) is 6.61 Å². The number of carbonyl (C=O) groups is 2. The molecule has 6 nitrogen and oxygen atoms in total. The number of ether oxygens (including phenoxy) is 1. The number of primary amides is 1. The standard InChI is InChI=1S/C17H23N3O3/c18-16(21)11-20-14-9-19(10-15(14)23-12-17(20)22)8-4-7-13-5-2-1-3-6-13/h1-3,5-6,14-15H,4,7-12H2,(H2,18,21)/t14-,15+/m1/s1. The van der Waals surface area contributed by atoms with E-state index in [4.69, 9.17) is 10.5 Å². The van der Waals surface area contributed by atoms with E-state index in [0.29, 0.717) is 0 Å². The summed E-state index contributed by atoms with van der Waals surface area (Å²) in [6.45, 7) is 2.55. The molecule has 124 valence electrons. The molecule has 2 N–H and O–H groups in total. The van der Waals surface area contributed by atoms with Crippen LogP contribution in [0.15, 0.2) is 30.3 Å². The summed E-state index contributed by atoms with van der Waals surface area (Å²) < 4.78 is 5.64. The number of nitrogens with two attached hydrogens (primary N) is 1. The molecule has 1 aromatic rings. The predicted octanol–water partition coefficient (Wildman–Crippen LogP) is 0.0161. The van der Waals surface area contributed by atoms with Crippen molar-refractivity contribution in [2.45, 2.75) is 25.0 Å². The first-order valence-electron chi connectivity index (χ1n) is 8.09. The maximum absolute atomic E-state index is 12.0. The molecule has 0 bridgehead atoms. The van der Waals surface area contributed by atoms with Crippen LogP contribution in [0.2, 0.25) is 0 Å². The van der Waals surface area contributed by atoms with Crippen LogP contribution in [0, 0.1) is 0 Å². The van der Waals surface area contributed by atoms with Gasteiger partial charge in [-0.3, -0.25) is 14.5 Å². The first-order chi connectivity index (χ1) is 11.1. The number of aryl methyl sites for hydroxylation is 1. The highest BCUT2D eigenvalue weighted by Crippen LogP contribution is 2.23. The highest BCUT2D eigenvalue weighted by Gasteiger charge is 2.43. The number of carbonyl (C=O) groups excluding carboxylic acids is 2. The number of morpholine rings is 1. The highest BCUT2D eigenvalue weighted by molar-refractivity contribution is 5.85. The van der Waals surface area contributed by atoms with Gasteiger partial charge in [-0.05, 0) is 24.9 Å². The summed E-state index contributed by atoms with van der Waals surface area (Å²) in [6.07, 6.45) is 2.09. The molecule has 2 saturated heterocycles. The molecular weight excluding hydrogens is 294 g/mol. The number of fused-ring (bicyclic) bond motifs is 1. The van der Waals surface area contributed by atoms with Crippen LogP contribution >= 0.6 is 0 Å². The molecule has 2 heterocycles. The molecule has 0 spiro atoms. The molecule has 0 saturated carbocycles. The van der Waals surface area contributed by atoms with Crippen molar-refractivity contribution in [3.8, 4) is 0 Å². The summed E-state index contributed by atoms with van der Waals surface area (Å²) in [4.78, 5) is 27.0. The number of nitrogens with zero attached hydrogens (tertiary/aromatic N) is 2. The second kappa shape index (κ2) is 7.10. The Hall–Kier alpha value is -1.92. The van der Waals surface area contributed by atoms with E-state index in [9.17, 15) is 9.59 Å². The molecule has 2 atom stereocenters. The summed E-state index contributed by atoms with van der Waals surface area (Å²) in [5.74, 6) is -0.613. The van der Waals surface area contributed by atoms with Gasteiger partial charge in [-0.15, -0.1) is 0 Å². The third-order valence-electron chi connectivity index (χ3n) is 4.56. The van der Waals surface area contributed by atoms with E-state index in [2.05, 4.69) is 29.2 Å². The number of likely N-dealkylation sites (tertiary alicyclic amines) is 1. The van der Waals surface area contributed by atoms with Crippen molar-refractivity contribution in [2.75, 3.05) is 32.8 Å². The lowest BCUT2D eigenvalue weighted by Gasteiger charge is -2.35. The number of hydrogen-bond donors (Lipinski definition) is 1. The van der Waals surface area contributed by atoms with Gasteiger partial charge in [-0.25, -0.2) is 0 Å². The first-order valence-corrected chi connectivity index (χ1v) is 8.09. The fraction of sp³-hybridized carbons (Fsp3) is 0.529. The van der Waals surface area contributed by atoms with Crippen LogP contribution < -0.4 is 5.73 Å². The third-order valence-corrected chi connectivity index (χ3v) is 4.56. The van der Waals surface area contributed by atoms with E-state index in [0.717, 1.165) is 32.5 Å². The van der Waals surface area contributed by atoms with Gasteiger partial charge in [0.25, 0.3) is 0 Å². The van der Waals surface area contributed by atoms with Crippen molar-refractivity contribution in [1.29, 1.82) is 0 Å². The molecule has 6 heteroatoms. The van der Waals surface area contributed by atoms with Crippen LogP contribution in [-0.4, -0.2) is 66.5 Å². The van der Waals surface area contributed by atoms with Gasteiger partial charge in [0, 0.05) is 13.1 Å². The van der Waals surface area contributed by atoms with Gasteiger partial charge < -0.3 is 15.4 Å². The van der Waals surface area contributed by atoms with Gasteiger partial charge in [0.2, 0.25) is 11.8 Å². The molecule has 2 fully saturated rings. The Labute approximate surface area is 136 Å². The minimum Gasteiger partial charge on any atom is -0.368 e. The van der Waals surface area contributed by atoms with Crippen LogP contribution in [0.4, 0.5) is 0 Å². The lowest BCUT2D eigenvalue weighted by Crippen LogP contribution is -2.56. The number of amides is 2. The molecule has 0 radical (unpaired) electrons. The number of hydrogen-bond acceptors (Lipinski definition) is 4. The monoisotopic (exact) mass is 317 g/mol. The van der Waals surface area contributed by atoms with E-state index in [1.54, 1.807) is 4.90 Å². The van der Waals surface area contributed by atoms with E-state index < -0.39 is 5.91 Å². The molecule has 23 heavy (non-hydrogen) atoms. The van der Waals surface area contributed by atoms with Crippen molar-refractivity contribution in [1.82, 2.24) is 9.80 Å². The maximum Gasteiger partial charge on any atom is 0.249 e. The quantitative estimate of drug-likeness (QED) is 0.802. The smallest absolute Gasteiger partial charge is 0.249 e. The van der Waals surface area contributed by atoms with Crippen LogP contribution in [0.25, 0.3) is 0 Å². The van der Waals surface area contributed by atoms with Gasteiger partial charge in [0.05, 0.1) is 18.7 Å². The van der Waals surface area contributed by atoms with Gasteiger partial charge >= 0.3 is 0 Å². The van der Waals surface area contributed by atoms with Crippen molar-refractivity contribution < 1.29 is 14.3 Å². The molecule has 1 aromatic carbocycles. The number of benzene rings is 1. The van der Waals surface area contributed by atoms with Gasteiger partial charge in [-0.1, -0.05) is 30.3 Å². The predicted molar refractivity (Wildman–Crippen MR) is 85.6 cm³/mol. The molecule has 2 aliphatic rings. The number of rotatable bonds is 6. The molecular formula is C17H23N3O3. The SMILES string of the molecule is NC(=O)CN1C(=O)CO[C@H]2CN(CCCc3ccccc3)C[C@H]21. The molecule has 3 rings (SSSR count). The third kappa shape index (κ3) is 3.89. The average molecular weight is 317 g/mol. The van der Waals surface area contributed by atoms with Gasteiger partial charge in [0.15, 0.2) is 0 Å². The fourth-order valence-corrected chi connectivity index (χ4v) is 3.45. The zero-order valence-corrected chi connectivity index (χ0v) is 13.2. The van der Waals surface area contributed by atoms with Crippen LogP contribution in [0.5, 0.6) is 0 Å². The van der Waals surface area contributed by atoms with Crippen molar-refractivity contribution >= 4 is 11.8 Å². The normalized spacial score (nSPS) is 24.7. The van der Waals surface area contributed by atoms with Crippen molar-refractivity contribution in [3.05, 3.63) is 35.9 Å². The lowest BCUT2D eigenvalue weighted by molar-refractivity contribution is -0.155.